The highest BCUT2D eigenvalue weighted by Gasteiger charge is 2.20. The van der Waals surface area contributed by atoms with Crippen molar-refractivity contribution in [3.8, 4) is 6.07 Å². The van der Waals surface area contributed by atoms with Gasteiger partial charge in [0.2, 0.25) is 0 Å². The molecule has 1 aromatic carbocycles. The molecule has 0 radical (unpaired) electrons. The van der Waals surface area contributed by atoms with Crippen molar-refractivity contribution >= 4 is 5.91 Å². The van der Waals surface area contributed by atoms with Crippen molar-refractivity contribution in [2.24, 2.45) is 5.73 Å². The van der Waals surface area contributed by atoms with Gasteiger partial charge in [-0.1, -0.05) is 30.3 Å². The highest BCUT2D eigenvalue weighted by molar-refractivity contribution is 5.97. The van der Waals surface area contributed by atoms with E-state index in [0.717, 1.165) is 31.5 Å². The van der Waals surface area contributed by atoms with Crippen LogP contribution >= 0.6 is 0 Å². The molecule has 1 fully saturated rings. The molecule has 0 unspecified atom stereocenters. The van der Waals surface area contributed by atoms with Crippen molar-refractivity contribution in [1.29, 1.82) is 5.26 Å². The van der Waals surface area contributed by atoms with Gasteiger partial charge >= 0.3 is 0 Å². The van der Waals surface area contributed by atoms with Gasteiger partial charge in [-0.2, -0.15) is 5.26 Å². The molecule has 1 aliphatic rings. The zero-order chi connectivity index (χ0) is 14.4. The molecular formula is C15H18N4O. The fraction of sp³-hybridized carbons (Fsp3) is 0.333. The molecule has 1 aliphatic heterocycles. The van der Waals surface area contributed by atoms with Gasteiger partial charge in [-0.15, -0.1) is 0 Å². The first kappa shape index (κ1) is 13.9. The van der Waals surface area contributed by atoms with Gasteiger partial charge in [0, 0.05) is 19.6 Å². The Balaban J connectivity index is 2.02. The minimum Gasteiger partial charge on any atom is -0.384 e. The molecule has 20 heavy (non-hydrogen) atoms. The number of amides is 1. The summed E-state index contributed by atoms with van der Waals surface area (Å²) in [6, 6.07) is 11.5. The molecule has 0 aromatic heterocycles. The summed E-state index contributed by atoms with van der Waals surface area (Å²) < 4.78 is 0. The molecule has 0 atom stereocenters. The van der Waals surface area contributed by atoms with Gasteiger partial charge in [0.05, 0.1) is 0 Å². The van der Waals surface area contributed by atoms with Crippen LogP contribution in [-0.4, -0.2) is 23.9 Å². The van der Waals surface area contributed by atoms with E-state index >= 15 is 0 Å². The zero-order valence-electron chi connectivity index (χ0n) is 11.3. The molecule has 0 bridgehead atoms. The normalized spacial score (nSPS) is 15.4. The lowest BCUT2D eigenvalue weighted by Gasteiger charge is -2.18. The van der Waals surface area contributed by atoms with Crippen LogP contribution in [0.4, 0.5) is 0 Å². The van der Waals surface area contributed by atoms with Gasteiger partial charge in [0.15, 0.2) is 5.57 Å². The van der Waals surface area contributed by atoms with Crippen molar-refractivity contribution in [2.45, 2.75) is 19.4 Å². The largest absolute Gasteiger partial charge is 0.384 e. The van der Waals surface area contributed by atoms with Crippen molar-refractivity contribution in [2.75, 3.05) is 13.1 Å². The lowest BCUT2D eigenvalue weighted by Crippen LogP contribution is -2.32. The third-order valence-electron chi connectivity index (χ3n) is 3.34. The molecular weight excluding hydrogens is 252 g/mol. The van der Waals surface area contributed by atoms with E-state index in [-0.39, 0.29) is 11.4 Å². The molecule has 1 heterocycles. The Hall–Kier alpha value is -2.48. The fourth-order valence-corrected chi connectivity index (χ4v) is 2.21. The van der Waals surface area contributed by atoms with Gasteiger partial charge in [-0.05, 0) is 18.4 Å². The standard InChI is InChI=1S/C15H18N4O/c16-10-13(14(17)19-8-4-5-9-19)15(20)18-11-12-6-2-1-3-7-12/h1-3,6-7H,4-5,8-9,11,17H2,(H,18,20). The van der Waals surface area contributed by atoms with E-state index in [1.165, 1.54) is 0 Å². The average Bonchev–Trinajstić information content (AvgIpc) is 3.01. The number of nitrogens with zero attached hydrogens (tertiary/aromatic N) is 2. The van der Waals surface area contributed by atoms with Gasteiger partial charge in [-0.3, -0.25) is 4.79 Å². The molecule has 5 nitrogen and oxygen atoms in total. The second-order valence-corrected chi connectivity index (χ2v) is 4.73. The van der Waals surface area contributed by atoms with Crippen LogP contribution in [-0.2, 0) is 11.3 Å². The second kappa shape index (κ2) is 6.62. The first-order valence-corrected chi connectivity index (χ1v) is 6.69. The summed E-state index contributed by atoms with van der Waals surface area (Å²) in [4.78, 5) is 13.9. The summed E-state index contributed by atoms with van der Waals surface area (Å²) in [5.41, 5.74) is 6.91. The Kier molecular flexibility index (Phi) is 4.61. The van der Waals surface area contributed by atoms with Gasteiger partial charge < -0.3 is 16.0 Å². The highest BCUT2D eigenvalue weighted by atomic mass is 16.1. The Morgan fingerprint density at radius 1 is 1.30 bits per heavy atom. The van der Waals surface area contributed by atoms with E-state index in [4.69, 9.17) is 11.0 Å². The number of carbonyl (C=O) groups excluding carboxylic acids is 1. The lowest BCUT2D eigenvalue weighted by atomic mass is 10.2. The van der Waals surface area contributed by atoms with Crippen LogP contribution < -0.4 is 11.1 Å². The Morgan fingerprint density at radius 3 is 2.55 bits per heavy atom. The molecule has 1 amide bonds. The molecule has 1 aromatic rings. The Labute approximate surface area is 118 Å². The number of nitrogens with one attached hydrogen (secondary N) is 1. The number of likely N-dealkylation sites (tertiary alicyclic amines) is 1. The molecule has 0 saturated carbocycles. The van der Waals surface area contributed by atoms with E-state index in [1.54, 1.807) is 0 Å². The maximum Gasteiger partial charge on any atom is 0.265 e. The van der Waals surface area contributed by atoms with Crippen LogP contribution in [0.3, 0.4) is 0 Å². The van der Waals surface area contributed by atoms with E-state index in [0.29, 0.717) is 6.54 Å². The monoisotopic (exact) mass is 270 g/mol. The van der Waals surface area contributed by atoms with Crippen LogP contribution in [0.2, 0.25) is 0 Å². The van der Waals surface area contributed by atoms with E-state index in [9.17, 15) is 4.79 Å². The summed E-state index contributed by atoms with van der Waals surface area (Å²) in [5.74, 6) is -0.128. The number of carbonyl (C=O) groups is 1. The van der Waals surface area contributed by atoms with Crippen LogP contribution in [0.5, 0.6) is 0 Å². The number of nitriles is 1. The van der Waals surface area contributed by atoms with Gasteiger partial charge in [0.1, 0.15) is 11.9 Å². The molecule has 104 valence electrons. The van der Waals surface area contributed by atoms with Crippen molar-refractivity contribution in [3.05, 3.63) is 47.3 Å². The molecule has 0 spiro atoms. The lowest BCUT2D eigenvalue weighted by molar-refractivity contribution is -0.117. The number of nitrogens with two attached hydrogens (primary N) is 1. The van der Waals surface area contributed by atoms with Crippen LogP contribution in [0.15, 0.2) is 41.7 Å². The highest BCUT2D eigenvalue weighted by Crippen LogP contribution is 2.14. The topological polar surface area (TPSA) is 82.1 Å². The second-order valence-electron chi connectivity index (χ2n) is 4.73. The minimum atomic E-state index is -0.416. The number of hydrogen-bond donors (Lipinski definition) is 2. The summed E-state index contributed by atoms with van der Waals surface area (Å²) in [6.07, 6.45) is 2.09. The third kappa shape index (κ3) is 3.29. The Bertz CT molecular complexity index is 539. The maximum absolute atomic E-state index is 12.0. The average molecular weight is 270 g/mol. The molecule has 1 saturated heterocycles. The van der Waals surface area contributed by atoms with Crippen LogP contribution in [0.1, 0.15) is 18.4 Å². The Morgan fingerprint density at radius 2 is 1.95 bits per heavy atom. The third-order valence-corrected chi connectivity index (χ3v) is 3.34. The number of hydrogen-bond acceptors (Lipinski definition) is 4. The molecule has 3 N–H and O–H groups in total. The van der Waals surface area contributed by atoms with Crippen LogP contribution in [0.25, 0.3) is 0 Å². The maximum atomic E-state index is 12.0. The summed E-state index contributed by atoms with van der Waals surface area (Å²) in [5, 5.41) is 11.9. The summed E-state index contributed by atoms with van der Waals surface area (Å²) >= 11 is 0. The van der Waals surface area contributed by atoms with Gasteiger partial charge in [0.25, 0.3) is 5.91 Å². The van der Waals surface area contributed by atoms with Crippen molar-refractivity contribution in [1.82, 2.24) is 10.2 Å². The minimum absolute atomic E-state index is 0.00262. The fourth-order valence-electron chi connectivity index (χ4n) is 2.21. The SMILES string of the molecule is N#CC(C(=O)NCc1ccccc1)=C(N)N1CCCC1. The van der Waals surface area contributed by atoms with Gasteiger partial charge in [-0.25, -0.2) is 0 Å². The summed E-state index contributed by atoms with van der Waals surface area (Å²) in [7, 11) is 0. The van der Waals surface area contributed by atoms with E-state index in [1.807, 2.05) is 41.3 Å². The quantitative estimate of drug-likeness (QED) is 0.634. The molecule has 0 aliphatic carbocycles. The number of rotatable bonds is 4. The smallest absolute Gasteiger partial charge is 0.265 e. The van der Waals surface area contributed by atoms with Crippen LogP contribution in [0, 0.1) is 11.3 Å². The number of benzene rings is 1. The molecule has 5 heteroatoms. The van der Waals surface area contributed by atoms with Crippen molar-refractivity contribution < 1.29 is 4.79 Å². The molecule has 2 rings (SSSR count). The predicted molar refractivity (Wildman–Crippen MR) is 75.9 cm³/mol. The predicted octanol–water partition coefficient (Wildman–Crippen LogP) is 1.09. The van der Waals surface area contributed by atoms with E-state index in [2.05, 4.69) is 5.32 Å². The zero-order valence-corrected chi connectivity index (χ0v) is 11.3. The first-order chi connectivity index (χ1) is 9.72. The first-order valence-electron chi connectivity index (χ1n) is 6.69. The summed E-state index contributed by atoms with van der Waals surface area (Å²) in [6.45, 7) is 2.00. The van der Waals surface area contributed by atoms with Crippen molar-refractivity contribution in [3.63, 3.8) is 0 Å². The van der Waals surface area contributed by atoms with E-state index < -0.39 is 5.91 Å².